The van der Waals surface area contributed by atoms with E-state index in [4.69, 9.17) is 0 Å². The Bertz CT molecular complexity index is 3280. The predicted octanol–water partition coefficient (Wildman–Crippen LogP) is 18.0. The lowest BCUT2D eigenvalue weighted by Gasteiger charge is -2.40. The molecule has 0 saturated heterocycles. The van der Waals surface area contributed by atoms with Gasteiger partial charge in [-0.25, -0.2) is 0 Å². The zero-order valence-corrected chi connectivity index (χ0v) is 40.8. The molecule has 352 valence electrons. The number of hydrogen-bond donors (Lipinski definition) is 0. The van der Waals surface area contributed by atoms with E-state index in [0.717, 1.165) is 74.1 Å². The van der Waals surface area contributed by atoms with Gasteiger partial charge < -0.3 is 19.6 Å². The summed E-state index contributed by atoms with van der Waals surface area (Å²) in [5.74, 6) is 0.306. The summed E-state index contributed by atoms with van der Waals surface area (Å²) in [5, 5.41) is 0. The number of fused-ring (bicyclic) bond motifs is 2. The Kier molecular flexibility index (Phi) is 12.8. The largest absolute Gasteiger partial charge is 0.337 e. The molecule has 6 aliphatic rings. The smallest absolute Gasteiger partial charge is 0.0625 e. The van der Waals surface area contributed by atoms with Crippen LogP contribution in [0.1, 0.15) is 61.6 Å². The van der Waals surface area contributed by atoms with Crippen molar-refractivity contribution < 1.29 is 0 Å². The SMILES string of the molecule is C1=CCCC(N(c2ccc(N(c3ccccc3)c3ccc(C4=CC=C(N(c5ccccc5)c5ccc(N(C6=CC=CCC6)C6C=CC=C7C=CC=CC76)cc5)CC4)cc3)cc2)c2cccc3c2CCC=C3)=C1. The van der Waals surface area contributed by atoms with Gasteiger partial charge in [0, 0.05) is 68.5 Å². The molecule has 0 aromatic heterocycles. The highest BCUT2D eigenvalue weighted by Gasteiger charge is 2.31. The Labute approximate surface area is 426 Å². The van der Waals surface area contributed by atoms with Crippen LogP contribution in [0.3, 0.4) is 0 Å². The zero-order valence-electron chi connectivity index (χ0n) is 40.8. The predicted molar refractivity (Wildman–Crippen MR) is 306 cm³/mol. The van der Waals surface area contributed by atoms with Gasteiger partial charge in [0.1, 0.15) is 0 Å². The van der Waals surface area contributed by atoms with Crippen molar-refractivity contribution in [2.24, 2.45) is 5.92 Å². The minimum Gasteiger partial charge on any atom is -0.337 e. The number of benzene rings is 6. The van der Waals surface area contributed by atoms with E-state index in [-0.39, 0.29) is 6.04 Å². The number of rotatable bonds is 13. The Morgan fingerprint density at radius 3 is 1.62 bits per heavy atom. The van der Waals surface area contributed by atoms with E-state index < -0.39 is 0 Å². The molecule has 0 amide bonds. The van der Waals surface area contributed by atoms with Gasteiger partial charge in [-0.1, -0.05) is 146 Å². The van der Waals surface area contributed by atoms with Gasteiger partial charge in [-0.3, -0.25) is 0 Å². The molecular weight excluding hydrogens is 873 g/mol. The van der Waals surface area contributed by atoms with Crippen molar-refractivity contribution in [2.45, 2.75) is 57.4 Å². The molecule has 6 aromatic carbocycles. The summed E-state index contributed by atoms with van der Waals surface area (Å²) < 4.78 is 0. The standard InChI is InChI=1S/C68H60N4/c1-5-23-55(24-6-1)69(61-43-47-63(48-44-61)71(57-27-9-3-10-28-57)67-33-17-21-53-19-13-15-31-65(53)67)59-39-35-51(36-40-59)52-37-41-60(42-38-52)70(56-25-7-2-8-26-56)62-45-49-64(50-46-62)72(58-29-11-4-12-30-58)68-34-18-22-54-20-14-16-32-66(54)68/h1-9,11,13-15,17-27,29,31,33-35,37-39,41-50,65,67H,10,12,16,28,30,32,36,40H2. The van der Waals surface area contributed by atoms with Crippen LogP contribution in [0.4, 0.5) is 45.5 Å². The van der Waals surface area contributed by atoms with Crippen molar-refractivity contribution in [1.82, 2.24) is 0 Å². The lowest BCUT2D eigenvalue weighted by molar-refractivity contribution is 0.610. The van der Waals surface area contributed by atoms with E-state index in [1.807, 2.05) is 0 Å². The van der Waals surface area contributed by atoms with E-state index in [1.54, 1.807) is 0 Å². The summed E-state index contributed by atoms with van der Waals surface area (Å²) in [6.07, 6.45) is 46.8. The van der Waals surface area contributed by atoms with Crippen LogP contribution < -0.4 is 19.6 Å². The fraction of sp³-hybridized carbons (Fsp3) is 0.147. The summed E-state index contributed by atoms with van der Waals surface area (Å²) in [7, 11) is 0. The molecule has 0 radical (unpaired) electrons. The maximum Gasteiger partial charge on any atom is 0.0625 e. The first-order valence-corrected chi connectivity index (χ1v) is 26.0. The molecule has 12 rings (SSSR count). The van der Waals surface area contributed by atoms with Gasteiger partial charge in [-0.05, 0) is 188 Å². The van der Waals surface area contributed by atoms with Crippen LogP contribution in [-0.4, -0.2) is 6.04 Å². The molecule has 0 spiro atoms. The molecule has 4 heteroatoms. The first-order valence-electron chi connectivity index (χ1n) is 26.0. The minimum atomic E-state index is 0.203. The molecule has 0 heterocycles. The second-order valence-corrected chi connectivity index (χ2v) is 19.3. The Balaban J connectivity index is 0.823. The molecule has 0 aliphatic heterocycles. The van der Waals surface area contributed by atoms with Gasteiger partial charge in [0.25, 0.3) is 0 Å². The fourth-order valence-electron chi connectivity index (χ4n) is 11.4. The van der Waals surface area contributed by atoms with Crippen molar-refractivity contribution in [3.05, 3.63) is 288 Å². The molecule has 0 saturated carbocycles. The number of hydrogen-bond acceptors (Lipinski definition) is 4. The van der Waals surface area contributed by atoms with Gasteiger partial charge >= 0.3 is 0 Å². The summed E-state index contributed by atoms with van der Waals surface area (Å²) in [6, 6.07) is 56.2. The summed E-state index contributed by atoms with van der Waals surface area (Å²) in [5.41, 5.74) is 20.1. The van der Waals surface area contributed by atoms with Gasteiger partial charge in [0.2, 0.25) is 0 Å². The molecule has 0 bridgehead atoms. The maximum atomic E-state index is 2.57. The topological polar surface area (TPSA) is 13.0 Å². The van der Waals surface area contributed by atoms with Crippen LogP contribution in [0.15, 0.2) is 272 Å². The maximum absolute atomic E-state index is 2.57. The second kappa shape index (κ2) is 20.6. The third kappa shape index (κ3) is 9.13. The lowest BCUT2D eigenvalue weighted by atomic mass is 9.83. The van der Waals surface area contributed by atoms with Gasteiger partial charge in [0.05, 0.1) is 6.04 Å². The monoisotopic (exact) mass is 932 g/mol. The van der Waals surface area contributed by atoms with Crippen molar-refractivity contribution >= 4 is 57.1 Å². The van der Waals surface area contributed by atoms with Gasteiger partial charge in [-0.15, -0.1) is 0 Å². The van der Waals surface area contributed by atoms with E-state index in [2.05, 4.69) is 275 Å². The molecule has 4 nitrogen and oxygen atoms in total. The average Bonchev–Trinajstić information content (AvgIpc) is 3.46. The highest BCUT2D eigenvalue weighted by atomic mass is 15.2. The highest BCUT2D eigenvalue weighted by molar-refractivity contribution is 5.82. The van der Waals surface area contributed by atoms with Crippen LogP contribution in [0, 0.1) is 5.92 Å². The van der Waals surface area contributed by atoms with Gasteiger partial charge in [0.15, 0.2) is 0 Å². The molecule has 0 N–H and O–H groups in total. The van der Waals surface area contributed by atoms with E-state index >= 15 is 0 Å². The molecule has 2 unspecified atom stereocenters. The highest BCUT2D eigenvalue weighted by Crippen LogP contribution is 2.44. The third-order valence-electron chi connectivity index (χ3n) is 14.9. The van der Waals surface area contributed by atoms with Crippen LogP contribution in [0.5, 0.6) is 0 Å². The molecule has 6 aromatic rings. The first-order chi connectivity index (χ1) is 35.7. The zero-order chi connectivity index (χ0) is 48.1. The van der Waals surface area contributed by atoms with Crippen molar-refractivity contribution in [3.8, 4) is 0 Å². The third-order valence-corrected chi connectivity index (χ3v) is 14.9. The first kappa shape index (κ1) is 44.8. The number of nitrogens with zero attached hydrogens (tertiary/aromatic N) is 4. The lowest BCUT2D eigenvalue weighted by Crippen LogP contribution is -2.40. The molecular formula is C68H60N4. The van der Waals surface area contributed by atoms with Crippen molar-refractivity contribution in [1.29, 1.82) is 0 Å². The van der Waals surface area contributed by atoms with E-state index in [1.165, 1.54) is 67.7 Å². The van der Waals surface area contributed by atoms with E-state index in [9.17, 15) is 0 Å². The van der Waals surface area contributed by atoms with Crippen LogP contribution >= 0.6 is 0 Å². The Morgan fingerprint density at radius 2 is 0.958 bits per heavy atom. The second-order valence-electron chi connectivity index (χ2n) is 19.3. The number of allylic oxidation sites excluding steroid dienone is 18. The quantitative estimate of drug-likeness (QED) is 0.114. The normalized spacial score (nSPS) is 18.5. The summed E-state index contributed by atoms with van der Waals surface area (Å²) >= 11 is 0. The number of anilines is 8. The molecule has 2 atom stereocenters. The molecule has 6 aliphatic carbocycles. The fourth-order valence-corrected chi connectivity index (χ4v) is 11.4. The van der Waals surface area contributed by atoms with Crippen LogP contribution in [-0.2, 0) is 6.42 Å². The van der Waals surface area contributed by atoms with Crippen LogP contribution in [0.2, 0.25) is 0 Å². The average molecular weight is 933 g/mol. The molecule has 72 heavy (non-hydrogen) atoms. The molecule has 0 fully saturated rings. The Hall–Kier alpha value is -8.34. The number of para-hydroxylation sites is 2. The Morgan fingerprint density at radius 1 is 0.361 bits per heavy atom. The summed E-state index contributed by atoms with van der Waals surface area (Å²) in [4.78, 5) is 9.89. The minimum absolute atomic E-state index is 0.203. The van der Waals surface area contributed by atoms with Crippen molar-refractivity contribution in [3.63, 3.8) is 0 Å². The van der Waals surface area contributed by atoms with Crippen LogP contribution in [0.25, 0.3) is 11.6 Å². The van der Waals surface area contributed by atoms with Gasteiger partial charge in [-0.2, -0.15) is 0 Å². The summed E-state index contributed by atoms with van der Waals surface area (Å²) in [6.45, 7) is 0. The van der Waals surface area contributed by atoms with Crippen molar-refractivity contribution in [2.75, 3.05) is 19.6 Å². The van der Waals surface area contributed by atoms with E-state index in [0.29, 0.717) is 5.92 Å².